The molecule has 0 radical (unpaired) electrons. The van der Waals surface area contributed by atoms with Crippen LogP contribution in [0.1, 0.15) is 31.4 Å². The number of carbonyl (C=O) groups excluding carboxylic acids is 2. The van der Waals surface area contributed by atoms with E-state index >= 15 is 0 Å². The third kappa shape index (κ3) is 4.44. The third-order valence-corrected chi connectivity index (χ3v) is 4.42. The minimum atomic E-state index is -1.03. The molecule has 1 N–H and O–H groups in total. The summed E-state index contributed by atoms with van der Waals surface area (Å²) in [6.07, 6.45) is 5.68. The maximum atomic E-state index is 12.2. The summed E-state index contributed by atoms with van der Waals surface area (Å²) in [5.41, 5.74) is 0.865. The van der Waals surface area contributed by atoms with Gasteiger partial charge in [-0.1, -0.05) is 30.4 Å². The molecule has 21 heavy (non-hydrogen) atoms. The van der Waals surface area contributed by atoms with Gasteiger partial charge in [0, 0.05) is 24.4 Å². The van der Waals surface area contributed by atoms with E-state index in [1.54, 1.807) is 17.2 Å². The number of hydrogen-bond donors (Lipinski definition) is 1. The molecule has 0 unspecified atom stereocenters. The molecule has 0 bridgehead atoms. The van der Waals surface area contributed by atoms with Gasteiger partial charge in [-0.25, -0.2) is 0 Å². The van der Waals surface area contributed by atoms with Gasteiger partial charge in [-0.2, -0.15) is 0 Å². The Balaban J connectivity index is 1.86. The molecule has 0 aliphatic carbocycles. The molecule has 1 aliphatic heterocycles. The zero-order valence-corrected chi connectivity index (χ0v) is 13.0. The second-order valence-corrected chi connectivity index (χ2v) is 6.32. The van der Waals surface area contributed by atoms with E-state index in [9.17, 15) is 14.7 Å². The molecule has 2 heterocycles. The molecule has 0 spiro atoms. The molecular formula is C14H15N2O3S2-. The van der Waals surface area contributed by atoms with Crippen LogP contribution >= 0.6 is 24.0 Å². The van der Waals surface area contributed by atoms with Crippen molar-refractivity contribution < 1.29 is 14.7 Å². The van der Waals surface area contributed by atoms with Crippen molar-refractivity contribution in [2.24, 2.45) is 0 Å². The van der Waals surface area contributed by atoms with Gasteiger partial charge in [0.05, 0.1) is 4.91 Å². The molecule has 0 aromatic carbocycles. The number of hydrogen-bond acceptors (Lipinski definition) is 5. The van der Waals surface area contributed by atoms with Crippen LogP contribution in [0.25, 0.3) is 6.08 Å². The summed E-state index contributed by atoms with van der Waals surface area (Å²) < 4.78 is 0.553. The number of thiocarbonyl (C=S) groups is 1. The average Bonchev–Trinajstić information content (AvgIpc) is 3.01. The number of H-pyrrole nitrogens is 1. The minimum absolute atomic E-state index is 0.0606. The number of nitrogens with zero attached hydrogens (tertiary/aromatic N) is 1. The summed E-state index contributed by atoms with van der Waals surface area (Å²) in [7, 11) is 0. The Hall–Kier alpha value is -1.60. The van der Waals surface area contributed by atoms with Crippen molar-refractivity contribution >= 4 is 46.3 Å². The van der Waals surface area contributed by atoms with E-state index in [0.29, 0.717) is 22.2 Å². The second-order valence-electron chi connectivity index (χ2n) is 4.64. The van der Waals surface area contributed by atoms with Gasteiger partial charge in [0.15, 0.2) is 0 Å². The number of unbranched alkanes of at least 4 members (excludes halogenated alkanes) is 2. The maximum absolute atomic E-state index is 12.2. The highest BCUT2D eigenvalue weighted by atomic mass is 32.2. The van der Waals surface area contributed by atoms with Gasteiger partial charge in [-0.3, -0.25) is 9.69 Å². The number of aliphatic carboxylic acids is 1. The fourth-order valence-corrected chi connectivity index (χ4v) is 3.28. The lowest BCUT2D eigenvalue weighted by atomic mass is 10.2. The number of amides is 1. The van der Waals surface area contributed by atoms with E-state index in [2.05, 4.69) is 4.98 Å². The molecule has 0 saturated carbocycles. The van der Waals surface area contributed by atoms with Crippen LogP contribution in [0.3, 0.4) is 0 Å². The fraction of sp³-hybridized carbons (Fsp3) is 0.357. The first kappa shape index (κ1) is 15.8. The number of carboxylic acids is 1. The van der Waals surface area contributed by atoms with Crippen LogP contribution in [-0.2, 0) is 9.59 Å². The zero-order valence-electron chi connectivity index (χ0n) is 11.3. The van der Waals surface area contributed by atoms with Crippen molar-refractivity contribution in [1.29, 1.82) is 0 Å². The average molecular weight is 323 g/mol. The van der Waals surface area contributed by atoms with Crippen LogP contribution in [0.4, 0.5) is 0 Å². The summed E-state index contributed by atoms with van der Waals surface area (Å²) in [6.45, 7) is 0.528. The molecule has 2 rings (SSSR count). The largest absolute Gasteiger partial charge is 0.550 e. The van der Waals surface area contributed by atoms with Gasteiger partial charge in [-0.05, 0) is 37.5 Å². The quantitative estimate of drug-likeness (QED) is 0.468. The van der Waals surface area contributed by atoms with E-state index in [1.165, 1.54) is 11.8 Å². The predicted octanol–water partition coefficient (Wildman–Crippen LogP) is 1.53. The summed E-state index contributed by atoms with van der Waals surface area (Å²) in [4.78, 5) is 27.8. The first-order valence-corrected chi connectivity index (χ1v) is 7.89. The standard InChI is InChI=1S/C14H16N2O3S2/c17-12(18)6-2-1-3-8-16-13(19)11(21-14(16)20)9-10-5-4-7-15-10/h4-5,7,9,15H,1-3,6,8H2,(H,17,18)/p-1/b11-9-. The molecule has 1 aromatic rings. The molecule has 0 atom stereocenters. The molecule has 5 nitrogen and oxygen atoms in total. The number of carbonyl (C=O) groups is 2. The van der Waals surface area contributed by atoms with Crippen LogP contribution in [-0.4, -0.2) is 32.6 Å². The highest BCUT2D eigenvalue weighted by Crippen LogP contribution is 2.32. The first-order chi connectivity index (χ1) is 10.1. The Kier molecular flexibility index (Phi) is 5.58. The number of nitrogens with one attached hydrogen (secondary N) is 1. The molecule has 1 aromatic heterocycles. The maximum Gasteiger partial charge on any atom is 0.266 e. The van der Waals surface area contributed by atoms with Crippen LogP contribution in [0, 0.1) is 0 Å². The van der Waals surface area contributed by atoms with E-state index in [1.807, 2.05) is 12.1 Å². The highest BCUT2D eigenvalue weighted by Gasteiger charge is 2.31. The lowest BCUT2D eigenvalue weighted by molar-refractivity contribution is -0.305. The normalized spacial score (nSPS) is 17.0. The van der Waals surface area contributed by atoms with Crippen molar-refractivity contribution in [3.63, 3.8) is 0 Å². The van der Waals surface area contributed by atoms with Gasteiger partial charge in [0.25, 0.3) is 5.91 Å². The SMILES string of the molecule is O=C([O-])CCCCCN1C(=O)/C(=C/c2ccc[nH]2)SC1=S. The third-order valence-electron chi connectivity index (χ3n) is 3.04. The van der Waals surface area contributed by atoms with Gasteiger partial charge in [-0.15, -0.1) is 0 Å². The van der Waals surface area contributed by atoms with Gasteiger partial charge >= 0.3 is 0 Å². The zero-order chi connectivity index (χ0) is 15.2. The molecule has 7 heteroatoms. The smallest absolute Gasteiger partial charge is 0.266 e. The Bertz CT molecular complexity index is 567. The van der Waals surface area contributed by atoms with Gasteiger partial charge in [0.2, 0.25) is 0 Å². The topological polar surface area (TPSA) is 76.2 Å². The van der Waals surface area contributed by atoms with E-state index < -0.39 is 5.97 Å². The Morgan fingerprint density at radius 1 is 1.43 bits per heavy atom. The Morgan fingerprint density at radius 2 is 2.24 bits per heavy atom. The van der Waals surface area contributed by atoms with Crippen LogP contribution in [0.2, 0.25) is 0 Å². The van der Waals surface area contributed by atoms with Gasteiger partial charge in [0.1, 0.15) is 4.32 Å². The van der Waals surface area contributed by atoms with Gasteiger partial charge < -0.3 is 14.9 Å². The number of aromatic amines is 1. The van der Waals surface area contributed by atoms with Crippen LogP contribution in [0.5, 0.6) is 0 Å². The van der Waals surface area contributed by atoms with Crippen molar-refractivity contribution in [2.45, 2.75) is 25.7 Å². The molecular weight excluding hydrogens is 308 g/mol. The number of rotatable bonds is 7. The van der Waals surface area contributed by atoms with E-state index in [4.69, 9.17) is 12.2 Å². The summed E-state index contributed by atoms with van der Waals surface area (Å²) in [6, 6.07) is 3.75. The molecule has 1 saturated heterocycles. The van der Waals surface area contributed by atoms with Crippen LogP contribution in [0.15, 0.2) is 23.2 Å². The minimum Gasteiger partial charge on any atom is -0.550 e. The van der Waals surface area contributed by atoms with E-state index in [0.717, 1.165) is 18.5 Å². The van der Waals surface area contributed by atoms with Crippen molar-refractivity contribution in [3.8, 4) is 0 Å². The predicted molar refractivity (Wildman–Crippen MR) is 84.1 cm³/mol. The lowest BCUT2D eigenvalue weighted by Crippen LogP contribution is -2.29. The molecule has 1 aliphatic rings. The molecule has 1 amide bonds. The summed E-state index contributed by atoms with van der Waals surface area (Å²) in [5, 5.41) is 10.3. The Labute approximate surface area is 132 Å². The van der Waals surface area contributed by atoms with Crippen molar-refractivity contribution in [3.05, 3.63) is 28.9 Å². The summed E-state index contributed by atoms with van der Waals surface area (Å²) >= 11 is 6.52. The van der Waals surface area contributed by atoms with Crippen molar-refractivity contribution in [1.82, 2.24) is 9.88 Å². The Morgan fingerprint density at radius 3 is 2.90 bits per heavy atom. The fourth-order valence-electron chi connectivity index (χ4n) is 1.98. The molecule has 1 fully saturated rings. The monoisotopic (exact) mass is 323 g/mol. The number of aromatic nitrogens is 1. The van der Waals surface area contributed by atoms with Crippen LogP contribution < -0.4 is 5.11 Å². The lowest BCUT2D eigenvalue weighted by Gasteiger charge is -2.14. The van der Waals surface area contributed by atoms with E-state index in [-0.39, 0.29) is 12.3 Å². The van der Waals surface area contributed by atoms with Crippen molar-refractivity contribution in [2.75, 3.05) is 6.54 Å². The molecule has 112 valence electrons. The highest BCUT2D eigenvalue weighted by molar-refractivity contribution is 8.26. The summed E-state index contributed by atoms with van der Waals surface area (Å²) in [5.74, 6) is -1.12. The first-order valence-electron chi connectivity index (χ1n) is 6.66. The number of carboxylic acid groups (broad SMARTS) is 1. The number of thioether (sulfide) groups is 1. The second kappa shape index (κ2) is 7.42.